The summed E-state index contributed by atoms with van der Waals surface area (Å²) in [6, 6.07) is 3.90. The Morgan fingerprint density at radius 2 is 2.47 bits per heavy atom. The zero-order valence-electron chi connectivity index (χ0n) is 8.05. The molecule has 78 valence electrons. The summed E-state index contributed by atoms with van der Waals surface area (Å²) in [6.45, 7) is 0. The zero-order chi connectivity index (χ0) is 10.5. The van der Waals surface area contributed by atoms with Crippen molar-refractivity contribution in [3.8, 4) is 10.7 Å². The summed E-state index contributed by atoms with van der Waals surface area (Å²) in [5, 5.41) is 5.84. The molecule has 0 fully saturated rings. The van der Waals surface area contributed by atoms with Crippen molar-refractivity contribution in [2.24, 2.45) is 0 Å². The maximum Gasteiger partial charge on any atom is 0.226 e. The Hall–Kier alpha value is -1.49. The third kappa shape index (κ3) is 2.50. The van der Waals surface area contributed by atoms with E-state index in [2.05, 4.69) is 10.1 Å². The highest BCUT2D eigenvalue weighted by Gasteiger charge is 2.08. The van der Waals surface area contributed by atoms with Crippen LogP contribution in [0, 0.1) is 0 Å². The first-order chi connectivity index (χ1) is 7.40. The summed E-state index contributed by atoms with van der Waals surface area (Å²) in [4.78, 5) is 15.4. The number of carbonyl (C=O) groups is 1. The standard InChI is InChI=1S/C10H10N2O2S/c13-6-2-1-5-9-11-10(12-14-9)8-4-3-7-15-8/h3-4,6-7H,1-2,5H2. The lowest BCUT2D eigenvalue weighted by molar-refractivity contribution is -0.107. The fourth-order valence-electron chi connectivity index (χ4n) is 1.20. The van der Waals surface area contributed by atoms with Crippen LogP contribution in [0.15, 0.2) is 22.0 Å². The largest absolute Gasteiger partial charge is 0.339 e. The number of rotatable bonds is 5. The van der Waals surface area contributed by atoms with Crippen LogP contribution in [0.5, 0.6) is 0 Å². The van der Waals surface area contributed by atoms with Crippen molar-refractivity contribution < 1.29 is 9.32 Å². The van der Waals surface area contributed by atoms with E-state index in [9.17, 15) is 4.79 Å². The Morgan fingerprint density at radius 1 is 1.53 bits per heavy atom. The van der Waals surface area contributed by atoms with Crippen LogP contribution in [0.25, 0.3) is 10.7 Å². The van der Waals surface area contributed by atoms with Gasteiger partial charge in [-0.15, -0.1) is 11.3 Å². The molecule has 0 saturated carbocycles. The molecule has 0 unspecified atom stereocenters. The number of hydrogen-bond acceptors (Lipinski definition) is 5. The van der Waals surface area contributed by atoms with Crippen LogP contribution in [0.1, 0.15) is 18.7 Å². The Kier molecular flexibility index (Phi) is 3.24. The summed E-state index contributed by atoms with van der Waals surface area (Å²) < 4.78 is 5.06. The quantitative estimate of drug-likeness (QED) is 0.575. The summed E-state index contributed by atoms with van der Waals surface area (Å²) in [5.41, 5.74) is 0. The molecule has 2 aromatic rings. The lowest BCUT2D eigenvalue weighted by atomic mass is 10.2. The first kappa shape index (κ1) is 10.0. The smallest absolute Gasteiger partial charge is 0.226 e. The van der Waals surface area contributed by atoms with E-state index in [1.165, 1.54) is 0 Å². The zero-order valence-corrected chi connectivity index (χ0v) is 8.87. The topological polar surface area (TPSA) is 56.0 Å². The van der Waals surface area contributed by atoms with Gasteiger partial charge in [-0.25, -0.2) is 0 Å². The predicted molar refractivity (Wildman–Crippen MR) is 56.6 cm³/mol. The summed E-state index contributed by atoms with van der Waals surface area (Å²) in [5.74, 6) is 1.23. The molecular formula is C10H10N2O2S. The number of hydrogen-bond donors (Lipinski definition) is 0. The summed E-state index contributed by atoms with van der Waals surface area (Å²) >= 11 is 1.58. The third-order valence-electron chi connectivity index (χ3n) is 1.92. The van der Waals surface area contributed by atoms with Gasteiger partial charge >= 0.3 is 0 Å². The van der Waals surface area contributed by atoms with Gasteiger partial charge in [0, 0.05) is 12.8 Å². The van der Waals surface area contributed by atoms with Gasteiger partial charge in [-0.2, -0.15) is 4.98 Å². The van der Waals surface area contributed by atoms with Crippen molar-refractivity contribution in [2.45, 2.75) is 19.3 Å². The molecule has 2 aromatic heterocycles. The van der Waals surface area contributed by atoms with Gasteiger partial charge in [0.15, 0.2) is 0 Å². The number of nitrogens with zero attached hydrogens (tertiary/aromatic N) is 2. The molecule has 15 heavy (non-hydrogen) atoms. The molecule has 4 nitrogen and oxygen atoms in total. The van der Waals surface area contributed by atoms with Crippen molar-refractivity contribution in [3.05, 3.63) is 23.4 Å². The van der Waals surface area contributed by atoms with Gasteiger partial charge in [0.2, 0.25) is 11.7 Å². The van der Waals surface area contributed by atoms with E-state index >= 15 is 0 Å². The van der Waals surface area contributed by atoms with E-state index in [1.807, 2.05) is 17.5 Å². The number of thiophene rings is 1. The second kappa shape index (κ2) is 4.84. The molecule has 0 aliphatic carbocycles. The molecule has 0 amide bonds. The van der Waals surface area contributed by atoms with Crippen molar-refractivity contribution in [3.63, 3.8) is 0 Å². The van der Waals surface area contributed by atoms with E-state index in [1.54, 1.807) is 11.3 Å². The van der Waals surface area contributed by atoms with E-state index in [-0.39, 0.29) is 0 Å². The Labute approximate surface area is 90.9 Å². The average molecular weight is 222 g/mol. The van der Waals surface area contributed by atoms with Crippen molar-refractivity contribution in [1.29, 1.82) is 0 Å². The molecule has 2 heterocycles. The molecular weight excluding hydrogens is 212 g/mol. The first-order valence-corrected chi connectivity index (χ1v) is 5.58. The van der Waals surface area contributed by atoms with Crippen LogP contribution in [0.3, 0.4) is 0 Å². The Bertz CT molecular complexity index is 422. The lowest BCUT2D eigenvalue weighted by Gasteiger charge is -1.87. The molecule has 0 bridgehead atoms. The van der Waals surface area contributed by atoms with Gasteiger partial charge in [-0.1, -0.05) is 11.2 Å². The summed E-state index contributed by atoms with van der Waals surface area (Å²) in [7, 11) is 0. The van der Waals surface area contributed by atoms with Crippen LogP contribution in [-0.4, -0.2) is 16.4 Å². The normalized spacial score (nSPS) is 10.4. The Morgan fingerprint density at radius 3 is 3.20 bits per heavy atom. The minimum Gasteiger partial charge on any atom is -0.339 e. The maximum absolute atomic E-state index is 10.1. The van der Waals surface area contributed by atoms with E-state index in [0.717, 1.165) is 17.6 Å². The number of aldehydes is 1. The monoisotopic (exact) mass is 222 g/mol. The van der Waals surface area contributed by atoms with Gasteiger partial charge in [0.25, 0.3) is 0 Å². The minimum absolute atomic E-state index is 0.538. The molecule has 2 rings (SSSR count). The summed E-state index contributed by atoms with van der Waals surface area (Å²) in [6.07, 6.45) is 2.86. The molecule has 0 radical (unpaired) electrons. The second-order valence-electron chi connectivity index (χ2n) is 3.05. The molecule has 0 saturated heterocycles. The molecule has 0 atom stereocenters. The first-order valence-electron chi connectivity index (χ1n) is 4.70. The molecule has 0 spiro atoms. The van der Waals surface area contributed by atoms with Crippen LogP contribution in [0.2, 0.25) is 0 Å². The maximum atomic E-state index is 10.1. The van der Waals surface area contributed by atoms with E-state index in [4.69, 9.17) is 4.52 Å². The van der Waals surface area contributed by atoms with Gasteiger partial charge in [-0.05, 0) is 17.9 Å². The van der Waals surface area contributed by atoms with Gasteiger partial charge in [0.05, 0.1) is 4.88 Å². The van der Waals surface area contributed by atoms with Gasteiger partial charge in [0.1, 0.15) is 6.29 Å². The second-order valence-corrected chi connectivity index (χ2v) is 4.00. The third-order valence-corrected chi connectivity index (χ3v) is 2.79. The van der Waals surface area contributed by atoms with Crippen LogP contribution >= 0.6 is 11.3 Å². The van der Waals surface area contributed by atoms with Crippen LogP contribution in [0.4, 0.5) is 0 Å². The molecule has 0 aliphatic rings. The SMILES string of the molecule is O=CCCCc1nc(-c2cccs2)no1. The van der Waals surface area contributed by atoms with Crippen molar-refractivity contribution >= 4 is 17.6 Å². The van der Waals surface area contributed by atoms with Crippen LogP contribution < -0.4 is 0 Å². The van der Waals surface area contributed by atoms with E-state index in [0.29, 0.717) is 24.6 Å². The van der Waals surface area contributed by atoms with Gasteiger partial charge < -0.3 is 9.32 Å². The highest BCUT2D eigenvalue weighted by molar-refractivity contribution is 7.13. The Balaban J connectivity index is 2.01. The number of carbonyl (C=O) groups excluding carboxylic acids is 1. The van der Waals surface area contributed by atoms with Gasteiger partial charge in [-0.3, -0.25) is 0 Å². The molecule has 5 heteroatoms. The van der Waals surface area contributed by atoms with Crippen molar-refractivity contribution in [2.75, 3.05) is 0 Å². The minimum atomic E-state index is 0.538. The van der Waals surface area contributed by atoms with Crippen molar-refractivity contribution in [1.82, 2.24) is 10.1 Å². The lowest BCUT2D eigenvalue weighted by Crippen LogP contribution is -1.86. The fourth-order valence-corrected chi connectivity index (χ4v) is 1.85. The molecule has 0 aromatic carbocycles. The number of aromatic nitrogens is 2. The predicted octanol–water partition coefficient (Wildman–Crippen LogP) is 2.32. The number of aryl methyl sites for hydroxylation is 1. The average Bonchev–Trinajstić information content (AvgIpc) is 2.87. The van der Waals surface area contributed by atoms with Crippen LogP contribution in [-0.2, 0) is 11.2 Å². The fraction of sp³-hybridized carbons (Fsp3) is 0.300. The molecule has 0 aliphatic heterocycles. The van der Waals surface area contributed by atoms with E-state index < -0.39 is 0 Å². The highest BCUT2D eigenvalue weighted by atomic mass is 32.1. The molecule has 0 N–H and O–H groups in total. The highest BCUT2D eigenvalue weighted by Crippen LogP contribution is 2.21. The number of unbranched alkanes of at least 4 members (excludes halogenated alkanes) is 1.